The van der Waals surface area contributed by atoms with Crippen molar-refractivity contribution in [1.82, 2.24) is 0 Å². The van der Waals surface area contributed by atoms with E-state index in [0.717, 1.165) is 74.5 Å². The van der Waals surface area contributed by atoms with Crippen LogP contribution < -0.4 is 14.8 Å². The summed E-state index contributed by atoms with van der Waals surface area (Å²) in [6.07, 6.45) is 11.3. The van der Waals surface area contributed by atoms with Gasteiger partial charge in [0.2, 0.25) is 10.0 Å². The third-order valence-corrected chi connectivity index (χ3v) is 17.9. The molecule has 1 unspecified atom stereocenters. The first kappa shape index (κ1) is 36.4. The van der Waals surface area contributed by atoms with Gasteiger partial charge in [0.25, 0.3) is 0 Å². The Labute approximate surface area is 298 Å². The van der Waals surface area contributed by atoms with Crippen molar-refractivity contribution in [3.63, 3.8) is 0 Å². The number of hydrogen-bond acceptors (Lipinski definition) is 6. The number of carboxylic acid groups (broad SMARTS) is 1. The van der Waals surface area contributed by atoms with Crippen LogP contribution in [-0.4, -0.2) is 59.4 Å². The predicted octanol–water partition coefficient (Wildman–Crippen LogP) is 7.80. The molecule has 0 saturated heterocycles. The fourth-order valence-corrected chi connectivity index (χ4v) is 10.7. The van der Waals surface area contributed by atoms with E-state index in [2.05, 4.69) is 63.0 Å². The van der Waals surface area contributed by atoms with E-state index in [9.17, 15) is 18.3 Å². The number of fused-ring (bicyclic) bond motifs is 3. The highest BCUT2D eigenvalue weighted by Crippen LogP contribution is 2.48. The summed E-state index contributed by atoms with van der Waals surface area (Å²) >= 11 is 6.45. The number of sulfonamides is 1. The van der Waals surface area contributed by atoms with Crippen molar-refractivity contribution in [3.05, 3.63) is 70.3 Å². The topological polar surface area (TPSA) is 119 Å². The van der Waals surface area contributed by atoms with Gasteiger partial charge < -0.3 is 19.2 Å². The molecule has 49 heavy (non-hydrogen) atoms. The number of nitrogens with two attached hydrogens (primary N) is 1. The molecular formula is C38H53ClN2O6SSi. The lowest BCUT2D eigenvalue weighted by molar-refractivity contribution is 0.0519. The van der Waals surface area contributed by atoms with Crippen molar-refractivity contribution in [2.24, 2.45) is 28.8 Å². The summed E-state index contributed by atoms with van der Waals surface area (Å²) in [5.74, 6) is 0.638. The van der Waals surface area contributed by atoms with Gasteiger partial charge in [-0.1, -0.05) is 50.6 Å². The molecule has 1 aliphatic heterocycles. The Morgan fingerprint density at radius 2 is 1.92 bits per heavy atom. The molecule has 2 saturated carbocycles. The molecule has 6 rings (SSSR count). The van der Waals surface area contributed by atoms with Gasteiger partial charge in [-0.15, -0.1) is 0 Å². The Morgan fingerprint density at radius 3 is 2.55 bits per heavy atom. The Bertz CT molecular complexity index is 1710. The van der Waals surface area contributed by atoms with Crippen molar-refractivity contribution in [3.8, 4) is 5.75 Å². The Hall–Kier alpha value is -2.37. The minimum atomic E-state index is -3.52. The lowest BCUT2D eigenvalue weighted by Gasteiger charge is -2.48. The summed E-state index contributed by atoms with van der Waals surface area (Å²) in [7, 11) is -5.68. The van der Waals surface area contributed by atoms with E-state index in [1.807, 2.05) is 12.1 Å². The number of allylic oxidation sites excluding steroid dienone is 1. The first-order valence-corrected chi connectivity index (χ1v) is 22.9. The van der Waals surface area contributed by atoms with Crippen LogP contribution in [0.4, 0.5) is 5.69 Å². The zero-order valence-electron chi connectivity index (χ0n) is 29.6. The van der Waals surface area contributed by atoms with E-state index in [0.29, 0.717) is 12.5 Å². The van der Waals surface area contributed by atoms with Gasteiger partial charge >= 0.3 is 5.97 Å². The lowest BCUT2D eigenvalue weighted by Crippen LogP contribution is -2.52. The average molecular weight is 729 g/mol. The standard InChI is InChI=1S/C38H53ClN2O6SSi/c1-37(2,3)49(4,5)47-34(16-11-25-8-9-29(25)22-48(40,44)45)31-14-10-28(31)21-41-23-38(18-6-7-26-19-30(39)13-15-32(26)38)24-46-35-17-12-27(36(42)43)20-33(35)41/h11-13,15-17,19-20,25,28-29,31,34H,6-10,14,18,21-24H2,1-5H3,(H,42,43)(H2,40,44,45)/b16-11+/t25-,28+,29-,31-,34+,38?/m1/s1. The number of benzene rings is 2. The molecule has 4 aliphatic rings. The zero-order chi connectivity index (χ0) is 35.4. The van der Waals surface area contributed by atoms with E-state index in [1.165, 1.54) is 11.1 Å². The Morgan fingerprint density at radius 1 is 1.16 bits per heavy atom. The van der Waals surface area contributed by atoms with Crippen molar-refractivity contribution in [1.29, 1.82) is 0 Å². The van der Waals surface area contributed by atoms with Gasteiger partial charge in [0, 0.05) is 23.5 Å². The summed E-state index contributed by atoms with van der Waals surface area (Å²) in [5, 5.41) is 16.1. The number of hydrogen-bond donors (Lipinski definition) is 2. The van der Waals surface area contributed by atoms with Crippen LogP contribution in [0.3, 0.4) is 0 Å². The highest BCUT2D eigenvalue weighted by atomic mass is 35.5. The number of aromatic carboxylic acids is 1. The van der Waals surface area contributed by atoms with Gasteiger partial charge in [-0.25, -0.2) is 18.4 Å². The molecule has 0 aromatic heterocycles. The van der Waals surface area contributed by atoms with Gasteiger partial charge in [-0.3, -0.25) is 0 Å². The quantitative estimate of drug-likeness (QED) is 0.189. The molecular weight excluding hydrogens is 676 g/mol. The highest BCUT2D eigenvalue weighted by Gasteiger charge is 2.47. The van der Waals surface area contributed by atoms with E-state index in [4.69, 9.17) is 25.9 Å². The maximum absolute atomic E-state index is 12.1. The summed E-state index contributed by atoms with van der Waals surface area (Å²) in [4.78, 5) is 14.5. The number of carbonyl (C=O) groups is 1. The maximum Gasteiger partial charge on any atom is 0.335 e. The normalized spacial score (nSPS) is 27.8. The molecule has 0 amide bonds. The smallest absolute Gasteiger partial charge is 0.335 e. The third-order valence-electron chi connectivity index (χ3n) is 12.3. The first-order chi connectivity index (χ1) is 22.9. The number of halogens is 1. The maximum atomic E-state index is 12.1. The largest absolute Gasteiger partial charge is 0.490 e. The predicted molar refractivity (Wildman–Crippen MR) is 199 cm³/mol. The number of ether oxygens (including phenoxy) is 1. The molecule has 268 valence electrons. The summed E-state index contributed by atoms with van der Waals surface area (Å²) in [6, 6.07) is 11.5. The Balaban J connectivity index is 1.31. The average Bonchev–Trinajstić information content (AvgIpc) is 3.13. The molecule has 3 N–H and O–H groups in total. The van der Waals surface area contributed by atoms with Crippen molar-refractivity contribution < 1.29 is 27.5 Å². The summed E-state index contributed by atoms with van der Waals surface area (Å²) < 4.78 is 37.5. The van der Waals surface area contributed by atoms with Crippen molar-refractivity contribution in [2.45, 2.75) is 95.4 Å². The second kappa shape index (κ2) is 13.6. The van der Waals surface area contributed by atoms with Gasteiger partial charge in [0.15, 0.2) is 8.32 Å². The molecule has 3 aliphatic carbocycles. The number of rotatable bonds is 10. The molecule has 0 radical (unpaired) electrons. The first-order valence-electron chi connectivity index (χ1n) is 17.9. The summed E-state index contributed by atoms with van der Waals surface area (Å²) in [6.45, 7) is 13.4. The van der Waals surface area contributed by atoms with Crippen molar-refractivity contribution >= 4 is 41.6 Å². The fourth-order valence-electron chi connectivity index (χ4n) is 8.18. The van der Waals surface area contributed by atoms with E-state index in [1.54, 1.807) is 12.1 Å². The second-order valence-corrected chi connectivity index (χ2v) is 23.5. The van der Waals surface area contributed by atoms with Crippen molar-refractivity contribution in [2.75, 3.05) is 30.3 Å². The molecule has 8 nitrogen and oxygen atoms in total. The monoisotopic (exact) mass is 728 g/mol. The molecule has 2 fully saturated rings. The number of aryl methyl sites for hydroxylation is 1. The molecule has 11 heteroatoms. The van der Waals surface area contributed by atoms with Crippen LogP contribution in [0.25, 0.3) is 0 Å². The van der Waals surface area contributed by atoms with Gasteiger partial charge in [0.1, 0.15) is 5.75 Å². The molecule has 0 bridgehead atoms. The molecule has 1 spiro atoms. The van der Waals surface area contributed by atoms with Crippen LogP contribution in [0.15, 0.2) is 48.6 Å². The lowest BCUT2D eigenvalue weighted by atomic mass is 9.68. The van der Waals surface area contributed by atoms with Gasteiger partial charge in [0.05, 0.1) is 29.7 Å². The highest BCUT2D eigenvalue weighted by molar-refractivity contribution is 7.89. The van der Waals surface area contributed by atoms with E-state index in [-0.39, 0.29) is 45.6 Å². The van der Waals surface area contributed by atoms with Crippen LogP contribution >= 0.6 is 11.6 Å². The Kier molecular flexibility index (Phi) is 10.1. The zero-order valence-corrected chi connectivity index (χ0v) is 32.2. The SMILES string of the molecule is CC(C)(C)[Si](C)(C)O[C@@H](/C=C/[C@H]1CC[C@@H]1CS(N)(=O)=O)[C@@H]1CC[C@H]1CN1CC2(CCCc3cc(Cl)ccc32)COc2ccc(C(=O)O)cc21. The molecule has 2 aromatic carbocycles. The van der Waals surface area contributed by atoms with E-state index >= 15 is 0 Å². The second-order valence-electron chi connectivity index (χ2n) is 16.7. The van der Waals surface area contributed by atoms with Gasteiger partial charge in [-0.05, 0) is 128 Å². The van der Waals surface area contributed by atoms with E-state index < -0.39 is 24.3 Å². The minimum Gasteiger partial charge on any atom is -0.490 e. The number of carboxylic acids is 1. The molecule has 1 heterocycles. The number of anilines is 1. The van der Waals surface area contributed by atoms with Crippen LogP contribution in [0, 0.1) is 23.7 Å². The minimum absolute atomic E-state index is 0.0215. The summed E-state index contributed by atoms with van der Waals surface area (Å²) in [5.41, 5.74) is 3.38. The van der Waals surface area contributed by atoms with Crippen LogP contribution in [0.5, 0.6) is 5.75 Å². The van der Waals surface area contributed by atoms with Crippen LogP contribution in [0.1, 0.15) is 80.8 Å². The fraction of sp³-hybridized carbons (Fsp3) is 0.605. The molecule has 6 atom stereocenters. The van der Waals surface area contributed by atoms with Gasteiger partial charge in [-0.2, -0.15) is 0 Å². The number of nitrogens with zero attached hydrogens (tertiary/aromatic N) is 1. The number of primary sulfonamides is 1. The molecule has 2 aromatic rings. The van der Waals surface area contributed by atoms with Crippen LogP contribution in [0.2, 0.25) is 23.2 Å². The van der Waals surface area contributed by atoms with Crippen LogP contribution in [-0.2, 0) is 26.3 Å². The third kappa shape index (κ3) is 7.78.